The quantitative estimate of drug-likeness (QED) is 0.658. The smallest absolute Gasteiger partial charge is 0.332 e. The third kappa shape index (κ3) is 3.25. The monoisotopic (exact) mass is 419 g/mol. The molecule has 3 heterocycles. The van der Waals surface area contributed by atoms with E-state index in [1.54, 1.807) is 16.2 Å². The summed E-state index contributed by atoms with van der Waals surface area (Å²) < 4.78 is 0. The van der Waals surface area contributed by atoms with Gasteiger partial charge < -0.3 is 10.2 Å². The molecule has 1 N–H and O–H groups in total. The fourth-order valence-corrected chi connectivity index (χ4v) is 5.11. The molecule has 0 spiro atoms. The summed E-state index contributed by atoms with van der Waals surface area (Å²) in [5.41, 5.74) is 0.621. The van der Waals surface area contributed by atoms with Crippen LogP contribution in [-0.4, -0.2) is 41.4 Å². The van der Waals surface area contributed by atoms with Gasteiger partial charge in [0.15, 0.2) is 0 Å². The number of rotatable bonds is 4. The first-order valence-electron chi connectivity index (χ1n) is 10.1. The molecule has 0 unspecified atom stereocenters. The molecule has 0 radical (unpaired) electrons. The maximum Gasteiger partial charge on any atom is 0.332 e. The van der Waals surface area contributed by atoms with Gasteiger partial charge in [-0.2, -0.15) is 0 Å². The van der Waals surface area contributed by atoms with Crippen molar-refractivity contribution in [1.29, 1.82) is 0 Å². The standard InChI is InChI=1S/C23H21N3O3S/c27-21(14-17-7-4-12-30-17)24-16-10-11-25-20(13-16)22(28)26(23(25)29)19-9-3-6-15-5-1-2-8-18(15)19/h1-9,12,16,20H,10-11,13-14H2,(H,24,27)/t16-,20-/m0/s1. The predicted octanol–water partition coefficient (Wildman–Crippen LogP) is 3.56. The number of thiophene rings is 1. The zero-order valence-corrected chi connectivity index (χ0v) is 17.1. The molecule has 2 aromatic carbocycles. The molecule has 2 saturated heterocycles. The van der Waals surface area contributed by atoms with Gasteiger partial charge in [0.25, 0.3) is 5.91 Å². The van der Waals surface area contributed by atoms with Crippen molar-refractivity contribution in [2.75, 3.05) is 11.4 Å². The van der Waals surface area contributed by atoms with E-state index in [0.29, 0.717) is 31.5 Å². The van der Waals surface area contributed by atoms with Crippen molar-refractivity contribution in [1.82, 2.24) is 10.2 Å². The van der Waals surface area contributed by atoms with Gasteiger partial charge in [0.05, 0.1) is 12.1 Å². The van der Waals surface area contributed by atoms with Gasteiger partial charge in [-0.15, -0.1) is 11.3 Å². The minimum Gasteiger partial charge on any atom is -0.353 e. The van der Waals surface area contributed by atoms with Crippen molar-refractivity contribution in [3.05, 3.63) is 64.9 Å². The SMILES string of the molecule is O=C(Cc1cccs1)N[C@H]1CCN2C(=O)N(c3cccc4ccccc34)C(=O)[C@@H]2C1. The van der Waals surface area contributed by atoms with Crippen LogP contribution < -0.4 is 10.2 Å². The van der Waals surface area contributed by atoms with Crippen LogP contribution in [0.4, 0.5) is 10.5 Å². The highest BCUT2D eigenvalue weighted by molar-refractivity contribution is 7.10. The molecule has 2 aliphatic rings. The maximum atomic E-state index is 13.2. The second-order valence-corrected chi connectivity index (χ2v) is 8.74. The summed E-state index contributed by atoms with van der Waals surface area (Å²) in [6, 6.07) is 16.3. The Bertz CT molecular complexity index is 1120. The number of nitrogens with zero attached hydrogens (tertiary/aromatic N) is 2. The van der Waals surface area contributed by atoms with Gasteiger partial charge in [-0.1, -0.05) is 42.5 Å². The van der Waals surface area contributed by atoms with E-state index in [9.17, 15) is 14.4 Å². The van der Waals surface area contributed by atoms with Crippen LogP contribution in [0, 0.1) is 0 Å². The normalized spacial score (nSPS) is 21.2. The van der Waals surface area contributed by atoms with Crippen molar-refractivity contribution in [2.24, 2.45) is 0 Å². The Kier molecular flexibility index (Phi) is 4.75. The van der Waals surface area contributed by atoms with E-state index in [-0.39, 0.29) is 23.9 Å². The molecule has 2 aliphatic heterocycles. The van der Waals surface area contributed by atoms with Crippen LogP contribution in [-0.2, 0) is 16.0 Å². The van der Waals surface area contributed by atoms with Crippen LogP contribution in [0.2, 0.25) is 0 Å². The lowest BCUT2D eigenvalue weighted by Crippen LogP contribution is -2.50. The number of fused-ring (bicyclic) bond motifs is 2. The van der Waals surface area contributed by atoms with Crippen molar-refractivity contribution >= 4 is 45.6 Å². The Morgan fingerprint density at radius 3 is 2.73 bits per heavy atom. The summed E-state index contributed by atoms with van der Waals surface area (Å²) in [5, 5.41) is 6.86. The highest BCUT2D eigenvalue weighted by atomic mass is 32.1. The number of nitrogens with one attached hydrogen (secondary N) is 1. The van der Waals surface area contributed by atoms with Crippen LogP contribution in [0.3, 0.4) is 0 Å². The number of hydrogen-bond acceptors (Lipinski definition) is 4. The molecule has 0 bridgehead atoms. The van der Waals surface area contributed by atoms with E-state index >= 15 is 0 Å². The minimum atomic E-state index is -0.530. The van der Waals surface area contributed by atoms with Crippen LogP contribution in [0.5, 0.6) is 0 Å². The number of urea groups is 1. The fourth-order valence-electron chi connectivity index (χ4n) is 4.41. The van der Waals surface area contributed by atoms with Crippen molar-refractivity contribution in [2.45, 2.75) is 31.3 Å². The van der Waals surface area contributed by atoms with Gasteiger partial charge in [-0.05, 0) is 35.7 Å². The lowest BCUT2D eigenvalue weighted by atomic mass is 9.97. The Morgan fingerprint density at radius 1 is 1.07 bits per heavy atom. The summed E-state index contributed by atoms with van der Waals surface area (Å²) in [6.07, 6.45) is 1.44. The number of carbonyl (C=O) groups is 3. The lowest BCUT2D eigenvalue weighted by Gasteiger charge is -2.32. The molecular formula is C23H21N3O3S. The molecule has 30 heavy (non-hydrogen) atoms. The summed E-state index contributed by atoms with van der Waals surface area (Å²) in [4.78, 5) is 42.6. The number of hydrogen-bond donors (Lipinski definition) is 1. The number of benzene rings is 2. The van der Waals surface area contributed by atoms with Crippen molar-refractivity contribution < 1.29 is 14.4 Å². The van der Waals surface area contributed by atoms with E-state index in [0.717, 1.165) is 15.6 Å². The van der Waals surface area contributed by atoms with E-state index < -0.39 is 6.04 Å². The summed E-state index contributed by atoms with van der Waals surface area (Å²) in [7, 11) is 0. The van der Waals surface area contributed by atoms with Crippen LogP contribution in [0.15, 0.2) is 60.0 Å². The third-order valence-electron chi connectivity index (χ3n) is 5.83. The number of anilines is 1. The molecule has 7 heteroatoms. The van der Waals surface area contributed by atoms with Gasteiger partial charge in [-0.3, -0.25) is 9.59 Å². The summed E-state index contributed by atoms with van der Waals surface area (Å²) in [6.45, 7) is 0.459. The highest BCUT2D eigenvalue weighted by Crippen LogP contribution is 2.34. The number of piperidine rings is 1. The Balaban J connectivity index is 1.34. The van der Waals surface area contributed by atoms with Gasteiger partial charge in [0.1, 0.15) is 6.04 Å². The minimum absolute atomic E-state index is 0.0430. The average molecular weight is 420 g/mol. The molecule has 2 fully saturated rings. The Labute approximate surface area is 178 Å². The first-order chi connectivity index (χ1) is 14.6. The Morgan fingerprint density at radius 2 is 1.90 bits per heavy atom. The fraction of sp³-hybridized carbons (Fsp3) is 0.261. The molecule has 0 saturated carbocycles. The van der Waals surface area contributed by atoms with Crippen molar-refractivity contribution in [3.8, 4) is 0 Å². The zero-order valence-electron chi connectivity index (χ0n) is 16.3. The first kappa shape index (κ1) is 18.8. The number of imide groups is 1. The van der Waals surface area contributed by atoms with Crippen LogP contribution >= 0.6 is 11.3 Å². The van der Waals surface area contributed by atoms with Crippen LogP contribution in [0.1, 0.15) is 17.7 Å². The predicted molar refractivity (Wildman–Crippen MR) is 117 cm³/mol. The molecule has 152 valence electrons. The van der Waals surface area contributed by atoms with Crippen LogP contribution in [0.25, 0.3) is 10.8 Å². The molecule has 2 atom stereocenters. The summed E-state index contributed by atoms with van der Waals surface area (Å²) in [5.74, 6) is -0.257. The molecule has 4 amide bonds. The third-order valence-corrected chi connectivity index (χ3v) is 6.71. The van der Waals surface area contributed by atoms with Gasteiger partial charge >= 0.3 is 6.03 Å². The largest absolute Gasteiger partial charge is 0.353 e. The molecular weight excluding hydrogens is 398 g/mol. The van der Waals surface area contributed by atoms with E-state index in [1.165, 1.54) is 4.90 Å². The molecule has 1 aromatic heterocycles. The lowest BCUT2D eigenvalue weighted by molar-refractivity contribution is -0.123. The van der Waals surface area contributed by atoms with E-state index in [4.69, 9.17) is 0 Å². The molecule has 3 aromatic rings. The second kappa shape index (κ2) is 7.57. The van der Waals surface area contributed by atoms with Gasteiger partial charge in [-0.25, -0.2) is 9.69 Å². The number of carbonyl (C=O) groups excluding carboxylic acids is 3. The number of amides is 4. The molecule has 6 nitrogen and oxygen atoms in total. The average Bonchev–Trinajstić information content (AvgIpc) is 3.34. The Hall–Kier alpha value is -3.19. The van der Waals surface area contributed by atoms with Gasteiger partial charge in [0, 0.05) is 22.8 Å². The molecule has 5 rings (SSSR count). The van der Waals surface area contributed by atoms with E-state index in [1.807, 2.05) is 60.0 Å². The maximum absolute atomic E-state index is 13.2. The van der Waals surface area contributed by atoms with Crippen molar-refractivity contribution in [3.63, 3.8) is 0 Å². The first-order valence-corrected chi connectivity index (χ1v) is 10.9. The van der Waals surface area contributed by atoms with E-state index in [2.05, 4.69) is 5.32 Å². The highest BCUT2D eigenvalue weighted by Gasteiger charge is 2.49. The summed E-state index contributed by atoms with van der Waals surface area (Å²) >= 11 is 1.55. The second-order valence-electron chi connectivity index (χ2n) is 7.71. The molecule has 0 aliphatic carbocycles. The van der Waals surface area contributed by atoms with Gasteiger partial charge in [0.2, 0.25) is 5.91 Å². The zero-order chi connectivity index (χ0) is 20.7. The topological polar surface area (TPSA) is 69.7 Å².